The van der Waals surface area contributed by atoms with Gasteiger partial charge >= 0.3 is 0 Å². The maximum Gasteiger partial charge on any atom is 0.262 e. The van der Waals surface area contributed by atoms with Gasteiger partial charge in [-0.15, -0.1) is 0 Å². The number of allylic oxidation sites excluding steroid dienone is 1. The summed E-state index contributed by atoms with van der Waals surface area (Å²) in [5, 5.41) is 24.4. The summed E-state index contributed by atoms with van der Waals surface area (Å²) in [5.74, 6) is -0.468. The zero-order valence-corrected chi connectivity index (χ0v) is 20.7. The van der Waals surface area contributed by atoms with E-state index in [2.05, 4.69) is 60.5 Å². The number of rotatable bonds is 9. The van der Waals surface area contributed by atoms with Gasteiger partial charge in [-0.1, -0.05) is 25.1 Å². The summed E-state index contributed by atoms with van der Waals surface area (Å²) >= 11 is 0. The van der Waals surface area contributed by atoms with Gasteiger partial charge in [0.1, 0.15) is 11.6 Å². The fraction of sp³-hybridized carbons (Fsp3) is 0.357. The van der Waals surface area contributed by atoms with E-state index in [0.29, 0.717) is 12.0 Å². The molecule has 0 radical (unpaired) electrons. The van der Waals surface area contributed by atoms with Crippen LogP contribution in [0, 0.1) is 11.3 Å². The molecule has 178 valence electrons. The van der Waals surface area contributed by atoms with Gasteiger partial charge in [0.05, 0.1) is 6.10 Å². The molecule has 0 bridgehead atoms. The van der Waals surface area contributed by atoms with Crippen LogP contribution in [0.3, 0.4) is 0 Å². The largest absolute Gasteiger partial charge is 0.391 e. The quantitative estimate of drug-likeness (QED) is 0.354. The predicted octanol–water partition coefficient (Wildman–Crippen LogP) is 4.88. The molecule has 0 aliphatic heterocycles. The van der Waals surface area contributed by atoms with Crippen LogP contribution in [0.4, 0.5) is 5.69 Å². The zero-order chi connectivity index (χ0) is 24.8. The van der Waals surface area contributed by atoms with Crippen molar-refractivity contribution in [3.63, 3.8) is 0 Å². The van der Waals surface area contributed by atoms with E-state index < -0.39 is 12.0 Å². The first-order chi connectivity index (χ1) is 16.3. The monoisotopic (exact) mass is 458 g/mol. The van der Waals surface area contributed by atoms with Gasteiger partial charge < -0.3 is 19.9 Å². The summed E-state index contributed by atoms with van der Waals surface area (Å²) in [6, 6.07) is 18.9. The lowest BCUT2D eigenvalue weighted by molar-refractivity contribution is -0.117. The van der Waals surface area contributed by atoms with Crippen LogP contribution in [0.15, 0.2) is 54.1 Å². The van der Waals surface area contributed by atoms with E-state index >= 15 is 0 Å². The van der Waals surface area contributed by atoms with Crippen LogP contribution in [0.25, 0.3) is 27.6 Å². The van der Waals surface area contributed by atoms with E-state index in [1.807, 2.05) is 36.7 Å². The maximum atomic E-state index is 12.5. The molecule has 1 unspecified atom stereocenters. The number of carbonyl (C=O) groups excluding carboxylic acids is 1. The second kappa shape index (κ2) is 11.0. The summed E-state index contributed by atoms with van der Waals surface area (Å²) in [7, 11) is 1.94. The average molecular weight is 459 g/mol. The number of carbonyl (C=O) groups is 1. The normalized spacial score (nSPS) is 12.7. The third kappa shape index (κ3) is 5.16. The molecule has 3 rings (SSSR count). The predicted molar refractivity (Wildman–Crippen MR) is 139 cm³/mol. The van der Waals surface area contributed by atoms with E-state index in [1.165, 1.54) is 11.1 Å². The number of amides is 1. The molecule has 1 aromatic heterocycles. The van der Waals surface area contributed by atoms with Crippen molar-refractivity contribution in [2.45, 2.75) is 40.2 Å². The first kappa shape index (κ1) is 25.1. The fourth-order valence-electron chi connectivity index (χ4n) is 4.23. The van der Waals surface area contributed by atoms with Crippen molar-refractivity contribution in [3.05, 3.63) is 59.8 Å². The van der Waals surface area contributed by atoms with Gasteiger partial charge in [-0.3, -0.25) is 4.79 Å². The van der Waals surface area contributed by atoms with Crippen molar-refractivity contribution in [3.8, 4) is 17.3 Å². The Morgan fingerprint density at radius 1 is 1.09 bits per heavy atom. The number of benzene rings is 2. The van der Waals surface area contributed by atoms with Crippen molar-refractivity contribution < 1.29 is 9.90 Å². The molecule has 0 spiro atoms. The second-order valence-corrected chi connectivity index (χ2v) is 8.47. The molecule has 0 fully saturated rings. The van der Waals surface area contributed by atoms with Gasteiger partial charge in [-0.2, -0.15) is 5.26 Å². The summed E-state index contributed by atoms with van der Waals surface area (Å²) in [4.78, 5) is 14.9. The van der Waals surface area contributed by atoms with Crippen molar-refractivity contribution in [1.82, 2.24) is 9.88 Å². The lowest BCUT2D eigenvalue weighted by atomic mass is 10.0. The molecule has 6 nitrogen and oxygen atoms in total. The smallest absolute Gasteiger partial charge is 0.262 e. The van der Waals surface area contributed by atoms with Crippen LogP contribution in [-0.4, -0.2) is 41.3 Å². The number of aromatic nitrogens is 1. The molecule has 1 amide bonds. The minimum atomic E-state index is -0.623. The van der Waals surface area contributed by atoms with Crippen molar-refractivity contribution in [1.29, 1.82) is 5.26 Å². The van der Waals surface area contributed by atoms with Crippen molar-refractivity contribution in [2.75, 3.05) is 24.5 Å². The molecule has 1 atom stereocenters. The molecule has 3 aromatic rings. The fourth-order valence-corrected chi connectivity index (χ4v) is 4.23. The Morgan fingerprint density at radius 2 is 1.76 bits per heavy atom. The molecule has 1 heterocycles. The molecule has 0 aliphatic rings. The molecule has 2 N–H and O–H groups in total. The lowest BCUT2D eigenvalue weighted by Crippen LogP contribution is -2.32. The molecule has 34 heavy (non-hydrogen) atoms. The minimum Gasteiger partial charge on any atom is -0.391 e. The summed E-state index contributed by atoms with van der Waals surface area (Å²) in [6.45, 7) is 10.0. The molecule has 2 aromatic carbocycles. The molecule has 6 heteroatoms. The molecule has 0 saturated carbocycles. The van der Waals surface area contributed by atoms with E-state index in [-0.39, 0.29) is 12.1 Å². The van der Waals surface area contributed by atoms with Gasteiger partial charge in [-0.25, -0.2) is 0 Å². The van der Waals surface area contributed by atoms with Crippen LogP contribution >= 0.6 is 0 Å². The SMILES string of the molecule is CCC(O)CNC(=O)/C(C#N)=C(\C)c1ccc(-c2ccc3cc(N(CC)CC)ccc3c2)n1C. The highest BCUT2D eigenvalue weighted by Gasteiger charge is 2.18. The second-order valence-electron chi connectivity index (χ2n) is 8.47. The number of hydrogen-bond donors (Lipinski definition) is 2. The minimum absolute atomic E-state index is 0.0542. The zero-order valence-electron chi connectivity index (χ0n) is 20.7. The highest BCUT2D eigenvalue weighted by molar-refractivity contribution is 6.04. The van der Waals surface area contributed by atoms with Crippen LogP contribution in [0.2, 0.25) is 0 Å². The van der Waals surface area contributed by atoms with E-state index in [0.717, 1.165) is 35.4 Å². The summed E-state index contributed by atoms with van der Waals surface area (Å²) in [5.41, 5.74) is 4.75. The lowest BCUT2D eigenvalue weighted by Gasteiger charge is -2.21. The number of anilines is 1. The Balaban J connectivity index is 1.93. The van der Waals surface area contributed by atoms with E-state index in [9.17, 15) is 15.2 Å². The molecule has 0 aliphatic carbocycles. The van der Waals surface area contributed by atoms with Gasteiger partial charge in [0.2, 0.25) is 0 Å². The summed E-state index contributed by atoms with van der Waals surface area (Å²) in [6.07, 6.45) is -0.0870. The standard InChI is InChI=1S/C28H34N4O2/c1-6-24(33)18-30-28(34)25(17-29)19(4)26-13-14-27(31(26)5)22-10-9-21-16-23(32(7-2)8-3)12-11-20(21)15-22/h9-16,24,33H,6-8,18H2,1-5H3,(H,30,34)/b25-19+. The maximum absolute atomic E-state index is 12.5. The van der Waals surface area contributed by atoms with E-state index in [4.69, 9.17) is 0 Å². The number of fused-ring (bicyclic) bond motifs is 1. The number of nitrogens with one attached hydrogen (secondary N) is 1. The Labute approximate surface area is 202 Å². The topological polar surface area (TPSA) is 81.3 Å². The highest BCUT2D eigenvalue weighted by atomic mass is 16.3. The Hall–Kier alpha value is -3.56. The van der Waals surface area contributed by atoms with Gasteiger partial charge in [0, 0.05) is 43.8 Å². The number of aliphatic hydroxyl groups is 1. The summed E-state index contributed by atoms with van der Waals surface area (Å²) < 4.78 is 2.01. The number of aliphatic hydroxyl groups excluding tert-OH is 1. The highest BCUT2D eigenvalue weighted by Crippen LogP contribution is 2.30. The molecule has 0 saturated heterocycles. The average Bonchev–Trinajstić information content (AvgIpc) is 3.24. The first-order valence-corrected chi connectivity index (χ1v) is 11.9. The van der Waals surface area contributed by atoms with Gasteiger partial charge in [-0.05, 0) is 79.4 Å². The molecular weight excluding hydrogens is 424 g/mol. The number of hydrogen-bond acceptors (Lipinski definition) is 4. The van der Waals surface area contributed by atoms with Crippen LogP contribution in [0.1, 0.15) is 39.8 Å². The third-order valence-electron chi connectivity index (χ3n) is 6.44. The van der Waals surface area contributed by atoms with Crippen LogP contribution < -0.4 is 10.2 Å². The Kier molecular flexibility index (Phi) is 8.14. The van der Waals surface area contributed by atoms with E-state index in [1.54, 1.807) is 6.92 Å². The van der Waals surface area contributed by atoms with Gasteiger partial charge in [0.25, 0.3) is 5.91 Å². The first-order valence-electron chi connectivity index (χ1n) is 11.9. The Morgan fingerprint density at radius 3 is 2.41 bits per heavy atom. The third-order valence-corrected chi connectivity index (χ3v) is 6.44. The number of nitriles is 1. The van der Waals surface area contributed by atoms with Gasteiger partial charge in [0.15, 0.2) is 0 Å². The Bertz CT molecular complexity index is 1250. The van der Waals surface area contributed by atoms with Crippen molar-refractivity contribution >= 4 is 27.9 Å². The van der Waals surface area contributed by atoms with Crippen LogP contribution in [-0.2, 0) is 11.8 Å². The molecular formula is C28H34N4O2. The van der Waals surface area contributed by atoms with Crippen molar-refractivity contribution in [2.24, 2.45) is 7.05 Å². The van der Waals surface area contributed by atoms with Crippen LogP contribution in [0.5, 0.6) is 0 Å². The number of nitrogens with zero attached hydrogens (tertiary/aromatic N) is 3.